The number of nitrogens with zero attached hydrogens (tertiary/aromatic N) is 1. The number of rotatable bonds is 6. The van der Waals surface area contributed by atoms with Crippen molar-refractivity contribution in [1.82, 2.24) is 4.90 Å². The number of carbonyl (C=O) groups excluding carboxylic acids is 1. The van der Waals surface area contributed by atoms with Crippen LogP contribution in [0.5, 0.6) is 5.75 Å². The van der Waals surface area contributed by atoms with Gasteiger partial charge in [0.15, 0.2) is 0 Å². The van der Waals surface area contributed by atoms with Crippen molar-refractivity contribution < 1.29 is 18.7 Å². The number of halogens is 1. The van der Waals surface area contributed by atoms with Gasteiger partial charge in [0.2, 0.25) is 0 Å². The van der Waals surface area contributed by atoms with Crippen LogP contribution in [0.4, 0.5) is 4.39 Å². The Morgan fingerprint density at radius 1 is 1.55 bits per heavy atom. The molecule has 2 rings (SSSR count). The number of fused-ring (bicyclic) bond motifs is 1. The molecule has 0 aromatic heterocycles. The third-order valence-corrected chi connectivity index (χ3v) is 3.53. The summed E-state index contributed by atoms with van der Waals surface area (Å²) < 4.78 is 23.6. The van der Waals surface area contributed by atoms with Crippen molar-refractivity contribution in [3.05, 3.63) is 29.6 Å². The van der Waals surface area contributed by atoms with Crippen molar-refractivity contribution in [3.8, 4) is 5.75 Å². The van der Waals surface area contributed by atoms with Gasteiger partial charge in [0.05, 0.1) is 13.5 Å². The van der Waals surface area contributed by atoms with Gasteiger partial charge in [-0.15, -0.1) is 0 Å². The van der Waals surface area contributed by atoms with Crippen molar-refractivity contribution in [2.75, 3.05) is 26.7 Å². The molecule has 0 aliphatic carbocycles. The zero-order valence-corrected chi connectivity index (χ0v) is 11.9. The molecule has 1 heterocycles. The van der Waals surface area contributed by atoms with Crippen molar-refractivity contribution in [3.63, 3.8) is 0 Å². The Labute approximate surface area is 118 Å². The fourth-order valence-electron chi connectivity index (χ4n) is 2.41. The highest BCUT2D eigenvalue weighted by atomic mass is 19.1. The quantitative estimate of drug-likeness (QED) is 0.748. The van der Waals surface area contributed by atoms with Gasteiger partial charge in [-0.2, -0.15) is 0 Å². The standard InChI is InChI=1S/C15H20FNO3/c1-3-17(7-6-15(18)19-2)10-13-9-11-8-12(16)4-5-14(11)20-13/h4-5,8,13H,3,6-7,9-10H2,1-2H3. The molecule has 0 fully saturated rings. The predicted molar refractivity (Wildman–Crippen MR) is 73.3 cm³/mol. The summed E-state index contributed by atoms with van der Waals surface area (Å²) in [6.45, 7) is 4.25. The zero-order chi connectivity index (χ0) is 14.5. The maximum absolute atomic E-state index is 13.1. The number of hydrogen-bond acceptors (Lipinski definition) is 4. The van der Waals surface area contributed by atoms with E-state index in [2.05, 4.69) is 9.64 Å². The summed E-state index contributed by atoms with van der Waals surface area (Å²) in [4.78, 5) is 13.3. The molecular weight excluding hydrogens is 261 g/mol. The highest BCUT2D eigenvalue weighted by molar-refractivity contribution is 5.69. The lowest BCUT2D eigenvalue weighted by Crippen LogP contribution is -2.36. The highest BCUT2D eigenvalue weighted by Gasteiger charge is 2.25. The smallest absolute Gasteiger partial charge is 0.306 e. The van der Waals surface area contributed by atoms with Crippen molar-refractivity contribution >= 4 is 5.97 Å². The molecule has 0 N–H and O–H groups in total. The second kappa shape index (κ2) is 6.70. The summed E-state index contributed by atoms with van der Waals surface area (Å²) >= 11 is 0. The summed E-state index contributed by atoms with van der Waals surface area (Å²) in [5.41, 5.74) is 0.916. The average molecular weight is 281 g/mol. The zero-order valence-electron chi connectivity index (χ0n) is 11.9. The summed E-state index contributed by atoms with van der Waals surface area (Å²) in [5.74, 6) is 0.326. The van der Waals surface area contributed by atoms with E-state index in [9.17, 15) is 9.18 Å². The van der Waals surface area contributed by atoms with E-state index < -0.39 is 0 Å². The fraction of sp³-hybridized carbons (Fsp3) is 0.533. The lowest BCUT2D eigenvalue weighted by Gasteiger charge is -2.23. The Bertz CT molecular complexity index is 478. The molecule has 0 saturated heterocycles. The highest BCUT2D eigenvalue weighted by Crippen LogP contribution is 2.29. The molecule has 4 nitrogen and oxygen atoms in total. The number of ether oxygens (including phenoxy) is 2. The number of benzene rings is 1. The number of hydrogen-bond donors (Lipinski definition) is 0. The SMILES string of the molecule is CCN(CCC(=O)OC)CC1Cc2cc(F)ccc2O1. The molecule has 0 bridgehead atoms. The van der Waals surface area contributed by atoms with Crippen LogP contribution in [0.2, 0.25) is 0 Å². The third kappa shape index (κ3) is 3.70. The van der Waals surface area contributed by atoms with Crippen LogP contribution in [-0.2, 0) is 16.0 Å². The van der Waals surface area contributed by atoms with Crippen LogP contribution in [0.1, 0.15) is 18.9 Å². The van der Waals surface area contributed by atoms with E-state index in [1.54, 1.807) is 6.07 Å². The van der Waals surface area contributed by atoms with Crippen LogP contribution < -0.4 is 4.74 Å². The van der Waals surface area contributed by atoms with Crippen LogP contribution in [0, 0.1) is 5.82 Å². The summed E-state index contributed by atoms with van der Waals surface area (Å²) in [7, 11) is 1.39. The first kappa shape index (κ1) is 14.8. The molecule has 1 aromatic carbocycles. The topological polar surface area (TPSA) is 38.8 Å². The second-order valence-electron chi connectivity index (χ2n) is 4.92. The lowest BCUT2D eigenvalue weighted by molar-refractivity contribution is -0.141. The summed E-state index contributed by atoms with van der Waals surface area (Å²) in [6, 6.07) is 4.62. The monoisotopic (exact) mass is 281 g/mol. The Hall–Kier alpha value is -1.62. The molecule has 1 unspecified atom stereocenters. The first-order chi connectivity index (χ1) is 9.62. The Morgan fingerprint density at radius 3 is 3.05 bits per heavy atom. The molecule has 0 radical (unpaired) electrons. The van der Waals surface area contributed by atoms with E-state index in [0.29, 0.717) is 19.4 Å². The Balaban J connectivity index is 1.86. The summed E-state index contributed by atoms with van der Waals surface area (Å²) in [6.07, 6.45) is 1.10. The third-order valence-electron chi connectivity index (χ3n) is 3.53. The van der Waals surface area contributed by atoms with Gasteiger partial charge < -0.3 is 9.47 Å². The van der Waals surface area contributed by atoms with E-state index in [4.69, 9.17) is 4.74 Å². The van der Waals surface area contributed by atoms with Gasteiger partial charge in [0.1, 0.15) is 17.7 Å². The van der Waals surface area contributed by atoms with Crippen molar-refractivity contribution in [1.29, 1.82) is 0 Å². The van der Waals surface area contributed by atoms with Gasteiger partial charge in [-0.1, -0.05) is 6.92 Å². The molecule has 0 spiro atoms. The van der Waals surface area contributed by atoms with E-state index in [1.165, 1.54) is 19.2 Å². The van der Waals surface area contributed by atoms with Crippen LogP contribution in [0.3, 0.4) is 0 Å². The second-order valence-corrected chi connectivity index (χ2v) is 4.92. The number of likely N-dealkylation sites (N-methyl/N-ethyl adjacent to an activating group) is 1. The molecule has 1 aliphatic heterocycles. The lowest BCUT2D eigenvalue weighted by atomic mass is 10.1. The number of carbonyl (C=O) groups is 1. The van der Waals surface area contributed by atoms with Gasteiger partial charge in [0.25, 0.3) is 0 Å². The Morgan fingerprint density at radius 2 is 2.35 bits per heavy atom. The molecule has 1 atom stereocenters. The van der Waals surface area contributed by atoms with Gasteiger partial charge in [-0.3, -0.25) is 9.69 Å². The number of esters is 1. The molecule has 1 aromatic rings. The van der Waals surface area contributed by atoms with Gasteiger partial charge >= 0.3 is 5.97 Å². The van der Waals surface area contributed by atoms with E-state index in [0.717, 1.165) is 24.4 Å². The van der Waals surface area contributed by atoms with E-state index >= 15 is 0 Å². The van der Waals surface area contributed by atoms with Gasteiger partial charge in [0, 0.05) is 25.1 Å². The molecule has 0 saturated carbocycles. The summed E-state index contributed by atoms with van der Waals surface area (Å²) in [5, 5.41) is 0. The predicted octanol–water partition coefficient (Wildman–Crippen LogP) is 2.01. The molecule has 1 aliphatic rings. The minimum Gasteiger partial charge on any atom is -0.488 e. The Kier molecular flexibility index (Phi) is 4.95. The van der Waals surface area contributed by atoms with Crippen LogP contribution in [-0.4, -0.2) is 43.7 Å². The van der Waals surface area contributed by atoms with Gasteiger partial charge in [-0.05, 0) is 24.7 Å². The van der Waals surface area contributed by atoms with Crippen LogP contribution in [0.15, 0.2) is 18.2 Å². The first-order valence-corrected chi connectivity index (χ1v) is 6.86. The molecule has 5 heteroatoms. The minimum absolute atomic E-state index is 0.0180. The van der Waals surface area contributed by atoms with E-state index in [-0.39, 0.29) is 17.9 Å². The maximum atomic E-state index is 13.1. The average Bonchev–Trinajstić information content (AvgIpc) is 2.84. The molecule has 20 heavy (non-hydrogen) atoms. The van der Waals surface area contributed by atoms with Crippen molar-refractivity contribution in [2.45, 2.75) is 25.9 Å². The molecule has 110 valence electrons. The fourth-order valence-corrected chi connectivity index (χ4v) is 2.41. The number of methoxy groups -OCH3 is 1. The molecule has 0 amide bonds. The largest absolute Gasteiger partial charge is 0.488 e. The molecular formula is C15H20FNO3. The van der Waals surface area contributed by atoms with Crippen molar-refractivity contribution in [2.24, 2.45) is 0 Å². The van der Waals surface area contributed by atoms with Gasteiger partial charge in [-0.25, -0.2) is 4.39 Å². The maximum Gasteiger partial charge on any atom is 0.306 e. The van der Waals surface area contributed by atoms with E-state index in [1.807, 2.05) is 6.92 Å². The van der Waals surface area contributed by atoms with Crippen LogP contribution in [0.25, 0.3) is 0 Å². The van der Waals surface area contributed by atoms with Crippen LogP contribution >= 0.6 is 0 Å². The first-order valence-electron chi connectivity index (χ1n) is 6.86. The normalized spacial score (nSPS) is 16.9. The minimum atomic E-state index is -0.231.